The lowest BCUT2D eigenvalue weighted by atomic mass is 10.1. The molecule has 158 valence electrons. The molecule has 0 unspecified atom stereocenters. The maximum absolute atomic E-state index is 12.6. The molecule has 0 aliphatic rings. The first kappa shape index (κ1) is 21.9. The average Bonchev–Trinajstić information content (AvgIpc) is 3.16. The Hall–Kier alpha value is -2.80. The molecule has 0 saturated carbocycles. The van der Waals surface area contributed by atoms with Crippen molar-refractivity contribution < 1.29 is 9.53 Å². The fourth-order valence-corrected chi connectivity index (χ4v) is 4.08. The monoisotopic (exact) mass is 424 g/mol. The van der Waals surface area contributed by atoms with Gasteiger partial charge in [0, 0.05) is 25.7 Å². The number of rotatable bonds is 9. The molecular weight excluding hydrogens is 396 g/mol. The molecule has 0 aliphatic carbocycles. The lowest BCUT2D eigenvalue weighted by molar-refractivity contribution is -0.127. The van der Waals surface area contributed by atoms with Crippen LogP contribution in [0.5, 0.6) is 5.75 Å². The highest BCUT2D eigenvalue weighted by Gasteiger charge is 2.16. The lowest BCUT2D eigenvalue weighted by Gasteiger charge is -2.17. The average molecular weight is 425 g/mol. The summed E-state index contributed by atoms with van der Waals surface area (Å²) in [6.07, 6.45) is 0. The minimum atomic E-state index is 0.0524. The number of amides is 1. The molecule has 0 fully saturated rings. The molecule has 0 saturated heterocycles. The Labute approximate surface area is 182 Å². The second-order valence-corrected chi connectivity index (χ2v) is 7.98. The van der Waals surface area contributed by atoms with Crippen molar-refractivity contribution in [2.75, 3.05) is 19.4 Å². The first-order valence-electron chi connectivity index (χ1n) is 10.1. The summed E-state index contributed by atoms with van der Waals surface area (Å²) in [5, 5.41) is 9.46. The zero-order chi connectivity index (χ0) is 21.5. The van der Waals surface area contributed by atoms with Gasteiger partial charge in [0.2, 0.25) is 5.91 Å². The summed E-state index contributed by atoms with van der Waals surface area (Å²) < 4.78 is 7.52. The van der Waals surface area contributed by atoms with Gasteiger partial charge >= 0.3 is 0 Å². The van der Waals surface area contributed by atoms with Gasteiger partial charge in [-0.2, -0.15) is 0 Å². The van der Waals surface area contributed by atoms with E-state index in [-0.39, 0.29) is 5.91 Å². The Kier molecular flexibility index (Phi) is 7.52. The van der Waals surface area contributed by atoms with Crippen molar-refractivity contribution in [1.82, 2.24) is 19.7 Å². The SMILES string of the molecule is CCOc1ccc(CN(C)C(=O)CSc2nnc(-c3cccc(C)c3)n2CC)cc1. The van der Waals surface area contributed by atoms with Gasteiger partial charge in [0.05, 0.1) is 12.4 Å². The molecule has 3 rings (SSSR count). The van der Waals surface area contributed by atoms with Crippen molar-refractivity contribution in [3.63, 3.8) is 0 Å². The van der Waals surface area contributed by atoms with Gasteiger partial charge < -0.3 is 14.2 Å². The van der Waals surface area contributed by atoms with Crippen LogP contribution in [0.15, 0.2) is 53.7 Å². The maximum Gasteiger partial charge on any atom is 0.233 e. The minimum Gasteiger partial charge on any atom is -0.494 e. The van der Waals surface area contributed by atoms with Gasteiger partial charge in [-0.3, -0.25) is 4.79 Å². The van der Waals surface area contributed by atoms with Crippen molar-refractivity contribution in [1.29, 1.82) is 0 Å². The van der Waals surface area contributed by atoms with E-state index in [0.717, 1.165) is 34.4 Å². The molecule has 1 amide bonds. The molecule has 0 aliphatic heterocycles. The number of carbonyl (C=O) groups excluding carboxylic acids is 1. The van der Waals surface area contributed by atoms with E-state index in [9.17, 15) is 4.79 Å². The quantitative estimate of drug-likeness (QED) is 0.476. The molecule has 3 aromatic rings. The van der Waals surface area contributed by atoms with Crippen molar-refractivity contribution in [2.24, 2.45) is 0 Å². The van der Waals surface area contributed by atoms with Gasteiger partial charge in [0.15, 0.2) is 11.0 Å². The summed E-state index contributed by atoms with van der Waals surface area (Å²) in [4.78, 5) is 14.4. The van der Waals surface area contributed by atoms with Crippen molar-refractivity contribution in [2.45, 2.75) is 39.0 Å². The molecule has 1 heterocycles. The smallest absolute Gasteiger partial charge is 0.233 e. The molecule has 0 atom stereocenters. The summed E-state index contributed by atoms with van der Waals surface area (Å²) in [7, 11) is 1.82. The van der Waals surface area contributed by atoms with Gasteiger partial charge in [-0.15, -0.1) is 10.2 Å². The number of aryl methyl sites for hydroxylation is 1. The Balaban J connectivity index is 1.61. The van der Waals surface area contributed by atoms with Crippen molar-refractivity contribution in [3.8, 4) is 17.1 Å². The molecule has 7 heteroatoms. The predicted octanol–water partition coefficient (Wildman–Crippen LogP) is 4.42. The van der Waals surface area contributed by atoms with Crippen LogP contribution in [-0.2, 0) is 17.9 Å². The number of aromatic nitrogens is 3. The van der Waals surface area contributed by atoms with Gasteiger partial charge in [-0.05, 0) is 44.5 Å². The fourth-order valence-electron chi connectivity index (χ4n) is 3.13. The number of benzene rings is 2. The molecule has 1 aromatic heterocycles. The fraction of sp³-hybridized carbons (Fsp3) is 0.348. The lowest BCUT2D eigenvalue weighted by Crippen LogP contribution is -2.27. The van der Waals surface area contributed by atoms with Crippen LogP contribution in [0.1, 0.15) is 25.0 Å². The summed E-state index contributed by atoms with van der Waals surface area (Å²) in [6.45, 7) is 8.02. The van der Waals surface area contributed by atoms with Crippen LogP contribution in [0.25, 0.3) is 11.4 Å². The number of hydrogen-bond donors (Lipinski definition) is 0. The van der Waals surface area contributed by atoms with E-state index in [0.29, 0.717) is 18.9 Å². The third-order valence-corrected chi connectivity index (χ3v) is 5.67. The molecule has 6 nitrogen and oxygen atoms in total. The number of thioether (sulfide) groups is 1. The third kappa shape index (κ3) is 5.42. The Morgan fingerprint density at radius 2 is 1.90 bits per heavy atom. The van der Waals surface area contributed by atoms with E-state index in [4.69, 9.17) is 4.74 Å². The third-order valence-electron chi connectivity index (χ3n) is 4.71. The number of hydrogen-bond acceptors (Lipinski definition) is 5. The van der Waals surface area contributed by atoms with Crippen LogP contribution in [-0.4, -0.2) is 45.0 Å². The van der Waals surface area contributed by atoms with Gasteiger partial charge in [-0.25, -0.2) is 0 Å². The van der Waals surface area contributed by atoms with E-state index < -0.39 is 0 Å². The summed E-state index contributed by atoms with van der Waals surface area (Å²) in [5.41, 5.74) is 3.28. The number of ether oxygens (including phenoxy) is 1. The normalized spacial score (nSPS) is 10.8. The molecular formula is C23H28N4O2S. The van der Waals surface area contributed by atoms with Crippen LogP contribution in [0.4, 0.5) is 0 Å². The van der Waals surface area contributed by atoms with Crippen LogP contribution >= 0.6 is 11.8 Å². The second-order valence-electron chi connectivity index (χ2n) is 7.04. The van der Waals surface area contributed by atoms with E-state index in [1.807, 2.05) is 50.4 Å². The van der Waals surface area contributed by atoms with E-state index >= 15 is 0 Å². The van der Waals surface area contributed by atoms with E-state index in [1.54, 1.807) is 4.90 Å². The summed E-state index contributed by atoms with van der Waals surface area (Å²) in [6, 6.07) is 16.1. The Morgan fingerprint density at radius 1 is 1.13 bits per heavy atom. The first-order chi connectivity index (χ1) is 14.5. The standard InChI is InChI=1S/C23H28N4O2S/c1-5-27-22(19-9-7-8-17(3)14-19)24-25-23(27)30-16-21(28)26(4)15-18-10-12-20(13-11-18)29-6-2/h7-14H,5-6,15-16H2,1-4H3. The predicted molar refractivity (Wildman–Crippen MR) is 121 cm³/mol. The first-order valence-corrected chi connectivity index (χ1v) is 11.1. The molecule has 30 heavy (non-hydrogen) atoms. The number of nitrogens with zero attached hydrogens (tertiary/aromatic N) is 4. The molecule has 0 radical (unpaired) electrons. The molecule has 0 bridgehead atoms. The maximum atomic E-state index is 12.6. The van der Waals surface area contributed by atoms with Crippen LogP contribution < -0.4 is 4.74 Å². The van der Waals surface area contributed by atoms with Gasteiger partial charge in [0.25, 0.3) is 0 Å². The molecule has 0 N–H and O–H groups in total. The highest BCUT2D eigenvalue weighted by atomic mass is 32.2. The zero-order valence-corrected chi connectivity index (χ0v) is 18.8. The zero-order valence-electron chi connectivity index (χ0n) is 18.0. The van der Waals surface area contributed by atoms with Crippen LogP contribution in [0.3, 0.4) is 0 Å². The molecule has 0 spiro atoms. The Morgan fingerprint density at radius 3 is 2.57 bits per heavy atom. The highest BCUT2D eigenvalue weighted by Crippen LogP contribution is 2.25. The van der Waals surface area contributed by atoms with Crippen molar-refractivity contribution >= 4 is 17.7 Å². The van der Waals surface area contributed by atoms with Crippen molar-refractivity contribution in [3.05, 3.63) is 59.7 Å². The van der Waals surface area contributed by atoms with E-state index in [1.165, 1.54) is 17.3 Å². The summed E-state index contributed by atoms with van der Waals surface area (Å²) in [5.74, 6) is 2.05. The van der Waals surface area contributed by atoms with Crippen LogP contribution in [0, 0.1) is 6.92 Å². The number of carbonyl (C=O) groups is 1. The van der Waals surface area contributed by atoms with E-state index in [2.05, 4.69) is 40.7 Å². The highest BCUT2D eigenvalue weighted by molar-refractivity contribution is 7.99. The topological polar surface area (TPSA) is 60.2 Å². The van der Waals surface area contributed by atoms with Gasteiger partial charge in [-0.1, -0.05) is 47.7 Å². The summed E-state index contributed by atoms with van der Waals surface area (Å²) >= 11 is 1.43. The van der Waals surface area contributed by atoms with Crippen LogP contribution in [0.2, 0.25) is 0 Å². The Bertz CT molecular complexity index is 985. The molecule has 2 aromatic carbocycles. The minimum absolute atomic E-state index is 0.0524. The van der Waals surface area contributed by atoms with Gasteiger partial charge in [0.1, 0.15) is 5.75 Å². The second kappa shape index (κ2) is 10.3. The largest absolute Gasteiger partial charge is 0.494 e.